The first-order valence-electron chi connectivity index (χ1n) is 7.93. The lowest BCUT2D eigenvalue weighted by molar-refractivity contribution is 0.0215. The minimum absolute atomic E-state index is 0. The second-order valence-electron chi connectivity index (χ2n) is 6.07. The van der Waals surface area contributed by atoms with Crippen LogP contribution in [0.2, 0.25) is 0 Å². The van der Waals surface area contributed by atoms with Crippen LogP contribution in [0, 0.1) is 5.92 Å². The van der Waals surface area contributed by atoms with Crippen LogP contribution in [-0.2, 0) is 4.74 Å². The molecule has 138 valence electrons. The zero-order valence-corrected chi connectivity index (χ0v) is 18.3. The van der Waals surface area contributed by atoms with Gasteiger partial charge in [-0.3, -0.25) is 4.90 Å². The highest BCUT2D eigenvalue weighted by Crippen LogP contribution is 2.41. The van der Waals surface area contributed by atoms with Crippen molar-refractivity contribution in [3.05, 3.63) is 26.6 Å². The Morgan fingerprint density at radius 2 is 1.75 bits per heavy atom. The summed E-state index contributed by atoms with van der Waals surface area (Å²) in [5.74, 6) is 0.607. The zero-order valence-electron chi connectivity index (χ0n) is 13.5. The van der Waals surface area contributed by atoms with Crippen molar-refractivity contribution >= 4 is 62.4 Å². The van der Waals surface area contributed by atoms with Crippen LogP contribution in [0.15, 0.2) is 21.1 Å². The molecule has 0 amide bonds. The molecule has 2 heterocycles. The van der Waals surface area contributed by atoms with Gasteiger partial charge in [0.15, 0.2) is 0 Å². The van der Waals surface area contributed by atoms with Gasteiger partial charge in [-0.2, -0.15) is 0 Å². The fourth-order valence-electron chi connectivity index (χ4n) is 3.59. The normalized spacial score (nSPS) is 20.8. The maximum absolute atomic E-state index is 6.42. The van der Waals surface area contributed by atoms with Gasteiger partial charge in [-0.25, -0.2) is 0 Å². The van der Waals surface area contributed by atoms with E-state index >= 15 is 0 Å². The quantitative estimate of drug-likeness (QED) is 0.609. The molecule has 2 fully saturated rings. The number of rotatable bonds is 3. The van der Waals surface area contributed by atoms with Gasteiger partial charge in [0.05, 0.1) is 5.69 Å². The van der Waals surface area contributed by atoms with E-state index in [0.717, 1.165) is 66.9 Å². The maximum atomic E-state index is 6.42. The average Bonchev–Trinajstić information content (AvgIpc) is 2.54. The number of nitrogens with one attached hydrogen (secondary N) is 1. The van der Waals surface area contributed by atoms with Crippen LogP contribution in [0.3, 0.4) is 0 Å². The molecule has 8 heteroatoms. The van der Waals surface area contributed by atoms with Gasteiger partial charge in [0.1, 0.15) is 0 Å². The summed E-state index contributed by atoms with van der Waals surface area (Å²) in [7, 11) is 0. The van der Waals surface area contributed by atoms with Crippen LogP contribution < -0.4 is 11.1 Å². The zero-order chi connectivity index (χ0) is 15.5. The molecule has 4 nitrogen and oxygen atoms in total. The second kappa shape index (κ2) is 10.6. The van der Waals surface area contributed by atoms with Gasteiger partial charge >= 0.3 is 0 Å². The average molecular weight is 506 g/mol. The number of piperazine rings is 1. The van der Waals surface area contributed by atoms with Crippen molar-refractivity contribution in [2.24, 2.45) is 5.92 Å². The van der Waals surface area contributed by atoms with E-state index < -0.39 is 0 Å². The summed E-state index contributed by atoms with van der Waals surface area (Å²) in [5, 5.41) is 3.45. The second-order valence-corrected chi connectivity index (χ2v) is 7.84. The van der Waals surface area contributed by atoms with E-state index in [2.05, 4.69) is 48.1 Å². The number of nitrogen functional groups attached to an aromatic ring is 1. The molecule has 0 aromatic heterocycles. The number of benzene rings is 1. The van der Waals surface area contributed by atoms with Crippen LogP contribution in [0.1, 0.15) is 24.4 Å². The fourth-order valence-corrected chi connectivity index (χ4v) is 4.85. The third kappa shape index (κ3) is 5.22. The SMILES string of the molecule is Cl.Cl.Nc1c(Br)cc(Br)cc1[C@@H](C1CCOCC1)N1CCNCC1. The minimum atomic E-state index is 0. The third-order valence-corrected chi connectivity index (χ3v) is 5.82. The van der Waals surface area contributed by atoms with Crippen LogP contribution in [0.4, 0.5) is 5.69 Å². The standard InChI is InChI=1S/C16H23Br2N3O.2ClH/c17-12-9-13(15(19)14(18)10-12)16(11-1-7-22-8-2-11)21-5-3-20-4-6-21;;/h9-11,16,20H,1-8,19H2;2*1H/t16-;;/m1../s1. The lowest BCUT2D eigenvalue weighted by atomic mass is 9.85. The van der Waals surface area contributed by atoms with E-state index in [1.807, 2.05) is 6.07 Å². The number of nitrogens with zero attached hydrogens (tertiary/aromatic N) is 1. The molecule has 0 spiro atoms. The summed E-state index contributed by atoms with van der Waals surface area (Å²) in [6.45, 7) is 5.98. The maximum Gasteiger partial charge on any atom is 0.0507 e. The summed E-state index contributed by atoms with van der Waals surface area (Å²) in [6, 6.07) is 4.60. The summed E-state index contributed by atoms with van der Waals surface area (Å²) in [6.07, 6.45) is 2.22. The van der Waals surface area contributed by atoms with E-state index in [1.165, 1.54) is 5.56 Å². The van der Waals surface area contributed by atoms with E-state index in [1.54, 1.807) is 0 Å². The molecule has 0 aliphatic carbocycles. The number of nitrogens with two attached hydrogens (primary N) is 1. The van der Waals surface area contributed by atoms with E-state index in [4.69, 9.17) is 10.5 Å². The first-order valence-corrected chi connectivity index (χ1v) is 9.52. The van der Waals surface area contributed by atoms with Crippen molar-refractivity contribution in [2.45, 2.75) is 18.9 Å². The van der Waals surface area contributed by atoms with Gasteiger partial charge in [-0.15, -0.1) is 24.8 Å². The van der Waals surface area contributed by atoms with Crippen LogP contribution in [0.5, 0.6) is 0 Å². The minimum Gasteiger partial charge on any atom is -0.398 e. The third-order valence-electron chi connectivity index (χ3n) is 4.70. The van der Waals surface area contributed by atoms with Gasteiger partial charge in [-0.05, 0) is 52.4 Å². The molecule has 2 aliphatic heterocycles. The first kappa shape index (κ1) is 22.5. The highest BCUT2D eigenvalue weighted by atomic mass is 79.9. The Labute approximate surface area is 173 Å². The highest BCUT2D eigenvalue weighted by molar-refractivity contribution is 9.11. The van der Waals surface area contributed by atoms with Crippen molar-refractivity contribution in [1.82, 2.24) is 10.2 Å². The number of ether oxygens (including phenoxy) is 1. The molecule has 0 unspecified atom stereocenters. The number of anilines is 1. The number of halogens is 4. The van der Waals surface area contributed by atoms with Gasteiger partial charge in [0.2, 0.25) is 0 Å². The largest absolute Gasteiger partial charge is 0.398 e. The van der Waals surface area contributed by atoms with Crippen molar-refractivity contribution in [3.63, 3.8) is 0 Å². The molecule has 0 bridgehead atoms. The smallest absolute Gasteiger partial charge is 0.0507 e. The predicted molar refractivity (Wildman–Crippen MR) is 111 cm³/mol. The Kier molecular flexibility index (Phi) is 9.89. The van der Waals surface area contributed by atoms with E-state index in [9.17, 15) is 0 Å². The summed E-state index contributed by atoms with van der Waals surface area (Å²) < 4.78 is 7.63. The summed E-state index contributed by atoms with van der Waals surface area (Å²) >= 11 is 7.23. The Hall–Kier alpha value is 0.440. The first-order chi connectivity index (χ1) is 10.7. The van der Waals surface area contributed by atoms with Crippen molar-refractivity contribution in [3.8, 4) is 0 Å². The topological polar surface area (TPSA) is 50.5 Å². The molecular weight excluding hydrogens is 481 g/mol. The van der Waals surface area contributed by atoms with Crippen molar-refractivity contribution in [1.29, 1.82) is 0 Å². The van der Waals surface area contributed by atoms with Gasteiger partial charge in [0.25, 0.3) is 0 Å². The summed E-state index contributed by atoms with van der Waals surface area (Å²) in [5.41, 5.74) is 8.54. The molecule has 0 radical (unpaired) electrons. The van der Waals surface area contributed by atoms with Gasteiger partial charge in [-0.1, -0.05) is 15.9 Å². The van der Waals surface area contributed by atoms with Crippen LogP contribution >= 0.6 is 56.7 Å². The van der Waals surface area contributed by atoms with E-state index in [0.29, 0.717) is 12.0 Å². The van der Waals surface area contributed by atoms with Gasteiger partial charge < -0.3 is 15.8 Å². The monoisotopic (exact) mass is 503 g/mol. The summed E-state index contributed by atoms with van der Waals surface area (Å²) in [4.78, 5) is 2.59. The molecule has 3 N–H and O–H groups in total. The number of hydrogen-bond acceptors (Lipinski definition) is 4. The molecule has 0 saturated carbocycles. The lowest BCUT2D eigenvalue weighted by Gasteiger charge is -2.41. The highest BCUT2D eigenvalue weighted by Gasteiger charge is 2.33. The molecular formula is C16H25Br2Cl2N3O. The molecule has 24 heavy (non-hydrogen) atoms. The van der Waals surface area contributed by atoms with Crippen LogP contribution in [-0.4, -0.2) is 44.3 Å². The Bertz CT molecular complexity index is 506. The predicted octanol–water partition coefficient (Wildman–Crippen LogP) is 4.01. The lowest BCUT2D eigenvalue weighted by Crippen LogP contribution is -2.47. The number of hydrogen-bond donors (Lipinski definition) is 2. The molecule has 2 saturated heterocycles. The molecule has 3 rings (SSSR count). The van der Waals surface area contributed by atoms with Crippen molar-refractivity contribution < 1.29 is 4.74 Å². The molecule has 1 aromatic rings. The molecule has 1 aromatic carbocycles. The Balaban J connectivity index is 0.00000144. The Morgan fingerprint density at radius 3 is 2.38 bits per heavy atom. The van der Waals surface area contributed by atoms with Crippen LogP contribution in [0.25, 0.3) is 0 Å². The van der Waals surface area contributed by atoms with Crippen molar-refractivity contribution in [2.75, 3.05) is 45.1 Å². The van der Waals surface area contributed by atoms with E-state index in [-0.39, 0.29) is 24.8 Å². The Morgan fingerprint density at radius 1 is 1.12 bits per heavy atom. The molecule has 1 atom stereocenters. The van der Waals surface area contributed by atoms with Gasteiger partial charge in [0, 0.05) is 54.4 Å². The fraction of sp³-hybridized carbons (Fsp3) is 0.625. The molecule has 2 aliphatic rings.